The Hall–Kier alpha value is -2.25. The Balaban J connectivity index is 1.80. The van der Waals surface area contributed by atoms with E-state index in [0.717, 1.165) is 27.0 Å². The maximum atomic E-state index is 12.8. The molecule has 5 nitrogen and oxygen atoms in total. The number of rotatable bonds is 3. The van der Waals surface area contributed by atoms with Crippen LogP contribution in [0.4, 0.5) is 5.82 Å². The summed E-state index contributed by atoms with van der Waals surface area (Å²) in [5.41, 5.74) is 4.13. The second kappa shape index (κ2) is 6.81. The molecule has 0 saturated carbocycles. The number of benzene rings is 2. The van der Waals surface area contributed by atoms with E-state index in [1.165, 1.54) is 0 Å². The Morgan fingerprint density at radius 3 is 2.65 bits per heavy atom. The van der Waals surface area contributed by atoms with Crippen LogP contribution in [0.2, 0.25) is 0 Å². The third-order valence-electron chi connectivity index (χ3n) is 4.36. The maximum Gasteiger partial charge on any atom is 0.257 e. The van der Waals surface area contributed by atoms with Gasteiger partial charge in [-0.2, -0.15) is 5.10 Å². The number of carbonyl (C=O) groups excluding carboxylic acids is 1. The van der Waals surface area contributed by atoms with Crippen LogP contribution in [0.1, 0.15) is 27.2 Å². The first kappa shape index (κ1) is 17.2. The van der Waals surface area contributed by atoms with Gasteiger partial charge >= 0.3 is 0 Å². The number of para-hydroxylation sites is 1. The van der Waals surface area contributed by atoms with Crippen LogP contribution in [0.3, 0.4) is 0 Å². The van der Waals surface area contributed by atoms with Crippen molar-refractivity contribution in [3.63, 3.8) is 0 Å². The molecule has 132 valence electrons. The second-order valence-corrected chi connectivity index (χ2v) is 8.45. The molecule has 0 unspecified atom stereocenters. The minimum Gasteiger partial charge on any atom is -0.306 e. The number of hydrogen-bond donors (Lipinski definition) is 1. The normalized spacial score (nSPS) is 15.7. The largest absolute Gasteiger partial charge is 0.306 e. The summed E-state index contributed by atoms with van der Waals surface area (Å²) >= 11 is 3.42. The van der Waals surface area contributed by atoms with Crippen molar-refractivity contribution < 1.29 is 9.00 Å². The van der Waals surface area contributed by atoms with Gasteiger partial charge in [-0.15, -0.1) is 0 Å². The van der Waals surface area contributed by atoms with Gasteiger partial charge in [0.25, 0.3) is 5.91 Å². The van der Waals surface area contributed by atoms with E-state index in [2.05, 4.69) is 26.3 Å². The van der Waals surface area contributed by atoms with Crippen LogP contribution in [0.25, 0.3) is 5.69 Å². The van der Waals surface area contributed by atoms with E-state index < -0.39 is 10.8 Å². The Bertz CT molecular complexity index is 1050. The Morgan fingerprint density at radius 1 is 1.15 bits per heavy atom. The SMILES string of the molecule is Cc1ccccc1-n1nc2c(c1NC(=O)c1ccccc1Br)C[S@@](=O)C2. The average Bonchev–Trinajstić information content (AvgIpc) is 3.13. The number of anilines is 1. The van der Waals surface area contributed by atoms with Gasteiger partial charge < -0.3 is 5.32 Å². The van der Waals surface area contributed by atoms with Crippen molar-refractivity contribution in [1.29, 1.82) is 0 Å². The molecule has 2 aromatic carbocycles. The molecule has 4 rings (SSSR count). The van der Waals surface area contributed by atoms with Gasteiger partial charge in [0.2, 0.25) is 0 Å². The molecule has 1 aliphatic rings. The molecule has 1 amide bonds. The summed E-state index contributed by atoms with van der Waals surface area (Å²) in [4.78, 5) is 12.8. The Morgan fingerprint density at radius 2 is 1.88 bits per heavy atom. The van der Waals surface area contributed by atoms with Crippen molar-refractivity contribution in [2.24, 2.45) is 0 Å². The van der Waals surface area contributed by atoms with E-state index in [1.807, 2.05) is 49.4 Å². The van der Waals surface area contributed by atoms with Gasteiger partial charge in [0.15, 0.2) is 0 Å². The van der Waals surface area contributed by atoms with Crippen LogP contribution in [-0.2, 0) is 22.3 Å². The monoisotopic (exact) mass is 429 g/mol. The minimum atomic E-state index is -0.969. The lowest BCUT2D eigenvalue weighted by Crippen LogP contribution is -2.17. The molecule has 3 aromatic rings. The summed E-state index contributed by atoms with van der Waals surface area (Å²) in [6.45, 7) is 2.00. The number of hydrogen-bond acceptors (Lipinski definition) is 3. The summed E-state index contributed by atoms with van der Waals surface area (Å²) in [6, 6.07) is 15.1. The number of nitrogens with zero attached hydrogens (tertiary/aromatic N) is 2. The van der Waals surface area contributed by atoms with Crippen LogP contribution < -0.4 is 5.32 Å². The fourth-order valence-corrected chi connectivity index (χ4v) is 4.78. The molecule has 0 saturated heterocycles. The zero-order valence-electron chi connectivity index (χ0n) is 14.0. The van der Waals surface area contributed by atoms with Crippen LogP contribution in [0, 0.1) is 6.92 Å². The molecule has 0 radical (unpaired) electrons. The average molecular weight is 430 g/mol. The fraction of sp³-hybridized carbons (Fsp3) is 0.158. The van der Waals surface area contributed by atoms with Crippen LogP contribution in [0.15, 0.2) is 53.0 Å². The lowest BCUT2D eigenvalue weighted by atomic mass is 10.2. The highest BCUT2D eigenvalue weighted by Gasteiger charge is 2.29. The topological polar surface area (TPSA) is 64.0 Å². The van der Waals surface area contributed by atoms with Crippen molar-refractivity contribution in [3.05, 3.63) is 75.4 Å². The summed E-state index contributed by atoms with van der Waals surface area (Å²) in [5.74, 6) is 1.20. The molecule has 26 heavy (non-hydrogen) atoms. The second-order valence-electron chi connectivity index (χ2n) is 6.13. The first-order chi connectivity index (χ1) is 12.5. The first-order valence-corrected chi connectivity index (χ1v) is 10.4. The lowest BCUT2D eigenvalue weighted by Gasteiger charge is -2.13. The number of fused-ring (bicyclic) bond motifs is 1. The summed E-state index contributed by atoms with van der Waals surface area (Å²) < 4.78 is 14.5. The van der Waals surface area contributed by atoms with Gasteiger partial charge in [-0.05, 0) is 46.6 Å². The molecule has 0 spiro atoms. The van der Waals surface area contributed by atoms with Gasteiger partial charge in [0.1, 0.15) is 5.82 Å². The molecule has 1 N–H and O–H groups in total. The predicted molar refractivity (Wildman–Crippen MR) is 106 cm³/mol. The number of amides is 1. The van der Waals surface area contributed by atoms with E-state index in [4.69, 9.17) is 0 Å². The number of aromatic nitrogens is 2. The highest BCUT2D eigenvalue weighted by Crippen LogP contribution is 2.32. The van der Waals surface area contributed by atoms with E-state index in [0.29, 0.717) is 22.9 Å². The fourth-order valence-electron chi connectivity index (χ4n) is 3.05. The molecule has 7 heteroatoms. The molecule has 0 aliphatic carbocycles. The maximum absolute atomic E-state index is 12.8. The van der Waals surface area contributed by atoms with Gasteiger partial charge in [0.05, 0.1) is 28.5 Å². The van der Waals surface area contributed by atoms with E-state index in [-0.39, 0.29) is 5.91 Å². The highest BCUT2D eigenvalue weighted by molar-refractivity contribution is 9.10. The van der Waals surface area contributed by atoms with E-state index >= 15 is 0 Å². The first-order valence-electron chi connectivity index (χ1n) is 8.12. The quantitative estimate of drug-likeness (QED) is 0.684. The minimum absolute atomic E-state index is 0.229. The molecule has 1 aliphatic heterocycles. The zero-order valence-corrected chi connectivity index (χ0v) is 16.4. The van der Waals surface area contributed by atoms with Crippen molar-refractivity contribution in [2.45, 2.75) is 18.4 Å². The number of nitrogens with one attached hydrogen (secondary N) is 1. The molecule has 0 bridgehead atoms. The van der Waals surface area contributed by atoms with Crippen LogP contribution in [-0.4, -0.2) is 19.9 Å². The van der Waals surface area contributed by atoms with Crippen molar-refractivity contribution in [1.82, 2.24) is 9.78 Å². The highest BCUT2D eigenvalue weighted by atomic mass is 79.9. The van der Waals surface area contributed by atoms with Gasteiger partial charge in [0, 0.05) is 20.8 Å². The molecule has 1 atom stereocenters. The van der Waals surface area contributed by atoms with Crippen molar-refractivity contribution >= 4 is 38.5 Å². The lowest BCUT2D eigenvalue weighted by molar-refractivity contribution is 0.102. The van der Waals surface area contributed by atoms with Crippen molar-refractivity contribution in [2.75, 3.05) is 5.32 Å². The number of halogens is 1. The predicted octanol–water partition coefficient (Wildman–Crippen LogP) is 3.96. The standard InChI is InChI=1S/C19H16BrN3O2S/c1-12-6-2-5-9-17(12)23-18(14-10-26(25)11-16(14)22-23)21-19(24)13-7-3-4-8-15(13)20/h2-9H,10-11H2,1H3,(H,21,24)/t26-/m1/s1. The van der Waals surface area contributed by atoms with Crippen molar-refractivity contribution in [3.8, 4) is 5.69 Å². The van der Waals surface area contributed by atoms with Gasteiger partial charge in [-0.25, -0.2) is 4.68 Å². The number of carbonyl (C=O) groups is 1. The summed E-state index contributed by atoms with van der Waals surface area (Å²) in [5, 5.41) is 7.63. The molecule has 2 heterocycles. The van der Waals surface area contributed by atoms with Crippen LogP contribution >= 0.6 is 15.9 Å². The summed E-state index contributed by atoms with van der Waals surface area (Å²) in [6.07, 6.45) is 0. The van der Waals surface area contributed by atoms with E-state index in [1.54, 1.807) is 10.7 Å². The van der Waals surface area contributed by atoms with Gasteiger partial charge in [-0.3, -0.25) is 9.00 Å². The molecule has 1 aromatic heterocycles. The summed E-state index contributed by atoms with van der Waals surface area (Å²) in [7, 11) is -0.969. The third kappa shape index (κ3) is 3.01. The smallest absolute Gasteiger partial charge is 0.257 e. The third-order valence-corrected chi connectivity index (χ3v) is 6.26. The molecular formula is C19H16BrN3O2S. The Labute approximate surface area is 162 Å². The van der Waals surface area contributed by atoms with Gasteiger partial charge in [-0.1, -0.05) is 30.3 Å². The van der Waals surface area contributed by atoms with Crippen LogP contribution in [0.5, 0.6) is 0 Å². The van der Waals surface area contributed by atoms with E-state index in [9.17, 15) is 9.00 Å². The number of aryl methyl sites for hydroxylation is 1. The Kier molecular flexibility index (Phi) is 4.50. The zero-order chi connectivity index (χ0) is 18.3. The molecular weight excluding hydrogens is 414 g/mol. The molecule has 0 fully saturated rings.